The van der Waals surface area contributed by atoms with E-state index >= 15 is 0 Å². The molecule has 140 valence electrons. The number of β-amino-alcohol motifs (C(OH)–C–C–N with tert-alkyl or cyclic N) is 1. The smallest absolute Gasteiger partial charge is 0.408 e. The highest BCUT2D eigenvalue weighted by atomic mass is 16.4. The minimum atomic E-state index is -1.000. The lowest BCUT2D eigenvalue weighted by molar-refractivity contribution is -0.144. The van der Waals surface area contributed by atoms with Gasteiger partial charge in [0.05, 0.1) is 6.10 Å². The van der Waals surface area contributed by atoms with Crippen molar-refractivity contribution in [3.05, 3.63) is 0 Å². The molecule has 2 amide bonds. The molecule has 0 aromatic carbocycles. The molecule has 4 atom stereocenters. The third-order valence-electron chi connectivity index (χ3n) is 7.09. The van der Waals surface area contributed by atoms with Gasteiger partial charge in [-0.15, -0.1) is 0 Å². The predicted octanol–water partition coefficient (Wildman–Crippen LogP) is 0.965. The largest absolute Gasteiger partial charge is 0.465 e. The molecule has 0 aromatic rings. The summed E-state index contributed by atoms with van der Waals surface area (Å²) in [7, 11) is 0. The Labute approximate surface area is 148 Å². The van der Waals surface area contributed by atoms with E-state index in [1.165, 1.54) is 17.7 Å². The van der Waals surface area contributed by atoms with Gasteiger partial charge in [0.2, 0.25) is 5.91 Å². The predicted molar refractivity (Wildman–Crippen MR) is 91.2 cm³/mol. The second-order valence-corrected chi connectivity index (χ2v) is 8.46. The summed E-state index contributed by atoms with van der Waals surface area (Å²) in [6, 6.07) is -0.336. The van der Waals surface area contributed by atoms with Gasteiger partial charge in [-0.3, -0.25) is 9.69 Å². The molecule has 1 spiro atoms. The molecular weight excluding hydrogens is 322 g/mol. The summed E-state index contributed by atoms with van der Waals surface area (Å²) in [6.07, 6.45) is 5.00. The highest BCUT2D eigenvalue weighted by Gasteiger charge is 2.51. The first kappa shape index (κ1) is 17.1. The lowest BCUT2D eigenvalue weighted by Crippen LogP contribution is -2.61. The van der Waals surface area contributed by atoms with Crippen LogP contribution in [0, 0.1) is 5.41 Å². The van der Waals surface area contributed by atoms with Crippen molar-refractivity contribution in [1.29, 1.82) is 0 Å². The van der Waals surface area contributed by atoms with Crippen molar-refractivity contribution in [3.63, 3.8) is 0 Å². The van der Waals surface area contributed by atoms with Crippen molar-refractivity contribution < 1.29 is 19.8 Å². The molecule has 2 N–H and O–H groups in total. The van der Waals surface area contributed by atoms with Crippen molar-refractivity contribution in [3.8, 4) is 0 Å². The Morgan fingerprint density at radius 2 is 2.00 bits per heavy atom. The maximum atomic E-state index is 12.7. The molecule has 25 heavy (non-hydrogen) atoms. The average molecular weight is 351 g/mol. The second-order valence-electron chi connectivity index (χ2n) is 8.46. The molecule has 1 aliphatic carbocycles. The van der Waals surface area contributed by atoms with Gasteiger partial charge in [0.1, 0.15) is 6.04 Å². The Morgan fingerprint density at radius 1 is 1.24 bits per heavy atom. The van der Waals surface area contributed by atoms with Gasteiger partial charge < -0.3 is 20.0 Å². The molecule has 3 saturated heterocycles. The number of aliphatic hydroxyl groups is 1. The molecule has 0 radical (unpaired) electrons. The zero-order chi connectivity index (χ0) is 17.8. The van der Waals surface area contributed by atoms with Crippen LogP contribution >= 0.6 is 0 Å². The Hall–Kier alpha value is -1.34. The van der Waals surface area contributed by atoms with Crippen LogP contribution in [0.2, 0.25) is 0 Å². The van der Waals surface area contributed by atoms with Gasteiger partial charge in [0.25, 0.3) is 0 Å². The average Bonchev–Trinajstić information content (AvgIpc) is 3.24. The standard InChI is InChI=1S/C18H29N3O4/c1-12-16(23)21-13(2-3-14(21)10-20(12)17(24)25)4-8-19-9-7-18(5-6-18)15(22)11-19/h12-15,22H,2-11H2,1H3,(H,24,25)/t12-,13+,14-,15+/m0/s1. The van der Waals surface area contributed by atoms with Crippen LogP contribution in [-0.4, -0.2) is 87.3 Å². The van der Waals surface area contributed by atoms with E-state index in [2.05, 4.69) is 4.90 Å². The lowest BCUT2D eigenvalue weighted by atomic mass is 9.90. The van der Waals surface area contributed by atoms with E-state index in [1.807, 2.05) is 4.90 Å². The zero-order valence-corrected chi connectivity index (χ0v) is 14.9. The summed E-state index contributed by atoms with van der Waals surface area (Å²) < 4.78 is 0. The van der Waals surface area contributed by atoms with Crippen LogP contribution in [0.1, 0.15) is 45.4 Å². The van der Waals surface area contributed by atoms with Crippen molar-refractivity contribution in [2.45, 2.75) is 69.7 Å². The number of aliphatic hydroxyl groups excluding tert-OH is 1. The Morgan fingerprint density at radius 3 is 2.64 bits per heavy atom. The SMILES string of the molecule is C[C@H]1C(=O)N2[C@@H](CCN3CCC4(CC4)[C@H](O)C3)CC[C@H]2CN1C(=O)O. The van der Waals surface area contributed by atoms with Crippen LogP contribution in [0.5, 0.6) is 0 Å². The van der Waals surface area contributed by atoms with E-state index in [9.17, 15) is 19.8 Å². The molecule has 4 aliphatic rings. The molecule has 4 fully saturated rings. The molecule has 0 bridgehead atoms. The van der Waals surface area contributed by atoms with Gasteiger partial charge in [-0.05, 0) is 57.4 Å². The minimum absolute atomic E-state index is 0.0338. The molecule has 3 aliphatic heterocycles. The van der Waals surface area contributed by atoms with Gasteiger partial charge in [-0.2, -0.15) is 0 Å². The molecule has 1 saturated carbocycles. The van der Waals surface area contributed by atoms with Crippen molar-refractivity contribution in [2.24, 2.45) is 5.41 Å². The maximum absolute atomic E-state index is 12.7. The molecular formula is C18H29N3O4. The third kappa shape index (κ3) is 2.91. The number of fused-ring (bicyclic) bond motifs is 1. The molecule has 3 heterocycles. The van der Waals surface area contributed by atoms with Gasteiger partial charge in [0, 0.05) is 31.7 Å². The number of likely N-dealkylation sites (tertiary alicyclic amines) is 1. The molecule has 0 unspecified atom stereocenters. The Kier molecular flexibility index (Phi) is 4.19. The number of carbonyl (C=O) groups is 2. The number of piperidine rings is 1. The van der Waals surface area contributed by atoms with Crippen LogP contribution in [0.3, 0.4) is 0 Å². The van der Waals surface area contributed by atoms with E-state index < -0.39 is 12.1 Å². The first-order chi connectivity index (χ1) is 11.9. The topological polar surface area (TPSA) is 84.3 Å². The van der Waals surface area contributed by atoms with E-state index in [4.69, 9.17) is 0 Å². The highest BCUT2D eigenvalue weighted by Crippen LogP contribution is 2.53. The molecule has 7 nitrogen and oxygen atoms in total. The zero-order valence-electron chi connectivity index (χ0n) is 14.9. The van der Waals surface area contributed by atoms with Crippen molar-refractivity contribution in [2.75, 3.05) is 26.2 Å². The fourth-order valence-electron chi connectivity index (χ4n) is 5.12. The van der Waals surface area contributed by atoms with Gasteiger partial charge >= 0.3 is 6.09 Å². The lowest BCUT2D eigenvalue weighted by Gasteiger charge is -2.43. The molecule has 0 aromatic heterocycles. The van der Waals surface area contributed by atoms with Crippen LogP contribution < -0.4 is 0 Å². The van der Waals surface area contributed by atoms with E-state index in [0.29, 0.717) is 6.54 Å². The third-order valence-corrected chi connectivity index (χ3v) is 7.09. The van der Waals surface area contributed by atoms with Crippen LogP contribution in [0.25, 0.3) is 0 Å². The first-order valence-electron chi connectivity index (χ1n) is 9.63. The summed E-state index contributed by atoms with van der Waals surface area (Å²) >= 11 is 0. The maximum Gasteiger partial charge on any atom is 0.408 e. The highest BCUT2D eigenvalue weighted by molar-refractivity contribution is 5.87. The fraction of sp³-hybridized carbons (Fsp3) is 0.889. The van der Waals surface area contributed by atoms with E-state index in [0.717, 1.165) is 45.3 Å². The molecule has 4 rings (SSSR count). The first-order valence-corrected chi connectivity index (χ1v) is 9.63. The van der Waals surface area contributed by atoms with E-state index in [1.54, 1.807) is 6.92 Å². The Balaban J connectivity index is 1.33. The van der Waals surface area contributed by atoms with Crippen molar-refractivity contribution >= 4 is 12.0 Å². The van der Waals surface area contributed by atoms with Crippen LogP contribution in [0.4, 0.5) is 4.79 Å². The molecule has 7 heteroatoms. The van der Waals surface area contributed by atoms with Gasteiger partial charge in [-0.1, -0.05) is 0 Å². The summed E-state index contributed by atoms with van der Waals surface area (Å²) in [5.41, 5.74) is 0.230. The van der Waals surface area contributed by atoms with Crippen LogP contribution in [0.15, 0.2) is 0 Å². The number of carbonyl (C=O) groups excluding carboxylic acids is 1. The summed E-state index contributed by atoms with van der Waals surface area (Å²) in [5.74, 6) is -0.0447. The van der Waals surface area contributed by atoms with Gasteiger partial charge in [-0.25, -0.2) is 4.79 Å². The summed E-state index contributed by atoms with van der Waals surface area (Å²) in [6.45, 7) is 4.84. The second kappa shape index (κ2) is 6.13. The summed E-state index contributed by atoms with van der Waals surface area (Å²) in [4.78, 5) is 29.6. The normalized spacial score (nSPS) is 37.4. The summed E-state index contributed by atoms with van der Waals surface area (Å²) in [5, 5.41) is 19.6. The number of nitrogens with zero attached hydrogens (tertiary/aromatic N) is 3. The number of carboxylic acid groups (broad SMARTS) is 1. The fourth-order valence-corrected chi connectivity index (χ4v) is 5.12. The number of rotatable bonds is 3. The number of hydrogen-bond acceptors (Lipinski definition) is 4. The van der Waals surface area contributed by atoms with Gasteiger partial charge in [0.15, 0.2) is 0 Å². The Bertz CT molecular complexity index is 565. The quantitative estimate of drug-likeness (QED) is 0.791. The van der Waals surface area contributed by atoms with Crippen LogP contribution in [-0.2, 0) is 4.79 Å². The number of piperazine rings is 1. The number of amides is 2. The van der Waals surface area contributed by atoms with Crippen molar-refractivity contribution in [1.82, 2.24) is 14.7 Å². The monoisotopic (exact) mass is 351 g/mol. The minimum Gasteiger partial charge on any atom is -0.465 e. The number of hydrogen-bond donors (Lipinski definition) is 2. The van der Waals surface area contributed by atoms with E-state index in [-0.39, 0.29) is 29.5 Å².